The molecule has 4 heteroatoms. The van der Waals surface area contributed by atoms with Crippen molar-refractivity contribution in [3.63, 3.8) is 0 Å². The molecule has 0 aliphatic carbocycles. The van der Waals surface area contributed by atoms with Crippen LogP contribution in [0.15, 0.2) is 0 Å². The number of rotatable bonds is 7. The Bertz CT molecular complexity index is 460. The van der Waals surface area contributed by atoms with E-state index in [0.29, 0.717) is 29.8 Å². The maximum Gasteiger partial charge on any atom is 0.355 e. The summed E-state index contributed by atoms with van der Waals surface area (Å²) in [6.07, 6.45) is 3.58. The van der Waals surface area contributed by atoms with Gasteiger partial charge in [0.25, 0.3) is 0 Å². The number of H-pyrrole nitrogens is 1. The molecule has 0 aliphatic heterocycles. The van der Waals surface area contributed by atoms with E-state index in [1.54, 1.807) is 13.8 Å². The maximum atomic E-state index is 12.2. The molecule has 0 saturated heterocycles. The summed E-state index contributed by atoms with van der Waals surface area (Å²) in [4.78, 5) is 26.9. The first kappa shape index (κ1) is 15.5. The van der Waals surface area contributed by atoms with E-state index in [0.717, 1.165) is 25.0 Å². The average molecular weight is 265 g/mol. The lowest BCUT2D eigenvalue weighted by molar-refractivity contribution is 0.0519. The number of hydrogen-bond donors (Lipinski definition) is 1. The molecule has 1 heterocycles. The highest BCUT2D eigenvalue weighted by molar-refractivity contribution is 6.02. The number of carbonyl (C=O) groups is 2. The molecule has 1 rings (SSSR count). The van der Waals surface area contributed by atoms with Crippen molar-refractivity contribution in [3.05, 3.63) is 22.5 Å². The van der Waals surface area contributed by atoms with Gasteiger partial charge in [0.05, 0.1) is 6.61 Å². The molecule has 0 spiro atoms. The van der Waals surface area contributed by atoms with E-state index >= 15 is 0 Å². The number of ether oxygens (including phenoxy) is 1. The minimum atomic E-state index is -0.393. The quantitative estimate of drug-likeness (QED) is 0.466. The second-order valence-electron chi connectivity index (χ2n) is 4.73. The predicted octanol–water partition coefficient (Wildman–Crippen LogP) is 3.57. The van der Waals surface area contributed by atoms with Crippen LogP contribution in [-0.2, 0) is 4.74 Å². The van der Waals surface area contributed by atoms with Crippen molar-refractivity contribution in [2.24, 2.45) is 0 Å². The molecule has 0 saturated carbocycles. The Morgan fingerprint density at radius 3 is 2.42 bits per heavy atom. The summed E-state index contributed by atoms with van der Waals surface area (Å²) in [6, 6.07) is 0. The number of carbonyl (C=O) groups excluding carboxylic acids is 2. The number of unbranched alkanes of at least 4 members (excludes halogenated alkanes) is 2. The largest absolute Gasteiger partial charge is 0.461 e. The van der Waals surface area contributed by atoms with E-state index in [4.69, 9.17) is 4.74 Å². The molecule has 0 aliphatic rings. The van der Waals surface area contributed by atoms with Crippen LogP contribution >= 0.6 is 0 Å². The molecular weight excluding hydrogens is 242 g/mol. The van der Waals surface area contributed by atoms with Gasteiger partial charge in [0.1, 0.15) is 5.69 Å². The molecule has 0 atom stereocenters. The van der Waals surface area contributed by atoms with Gasteiger partial charge in [0, 0.05) is 17.7 Å². The molecule has 0 amide bonds. The van der Waals surface area contributed by atoms with Gasteiger partial charge < -0.3 is 9.72 Å². The summed E-state index contributed by atoms with van der Waals surface area (Å²) >= 11 is 0. The normalized spacial score (nSPS) is 10.5. The SMILES string of the molecule is CCCCCC(=O)c1c(C)[nH]c(C(=O)OCC)c1C. The Hall–Kier alpha value is -1.58. The lowest BCUT2D eigenvalue weighted by Crippen LogP contribution is -2.07. The number of aryl methyl sites for hydroxylation is 1. The summed E-state index contributed by atoms with van der Waals surface area (Å²) < 4.78 is 4.97. The van der Waals surface area contributed by atoms with E-state index in [1.807, 2.05) is 6.92 Å². The molecule has 106 valence electrons. The van der Waals surface area contributed by atoms with Crippen LogP contribution in [0, 0.1) is 13.8 Å². The van der Waals surface area contributed by atoms with E-state index in [2.05, 4.69) is 11.9 Å². The van der Waals surface area contributed by atoms with Crippen molar-refractivity contribution < 1.29 is 14.3 Å². The fourth-order valence-corrected chi connectivity index (χ4v) is 2.24. The van der Waals surface area contributed by atoms with Crippen molar-refractivity contribution in [1.82, 2.24) is 4.98 Å². The fraction of sp³-hybridized carbons (Fsp3) is 0.600. The summed E-state index contributed by atoms with van der Waals surface area (Å²) in [5.74, 6) is -0.286. The lowest BCUT2D eigenvalue weighted by Gasteiger charge is -2.02. The third-order valence-corrected chi connectivity index (χ3v) is 3.20. The third-order valence-electron chi connectivity index (χ3n) is 3.20. The first-order valence-corrected chi connectivity index (χ1v) is 6.92. The van der Waals surface area contributed by atoms with Crippen LogP contribution in [0.4, 0.5) is 0 Å². The monoisotopic (exact) mass is 265 g/mol. The molecule has 4 nitrogen and oxygen atoms in total. The van der Waals surface area contributed by atoms with Crippen LogP contribution in [0.1, 0.15) is 71.6 Å². The Balaban J connectivity index is 2.90. The van der Waals surface area contributed by atoms with E-state index in [-0.39, 0.29) is 5.78 Å². The van der Waals surface area contributed by atoms with Crippen molar-refractivity contribution in [1.29, 1.82) is 0 Å². The maximum absolute atomic E-state index is 12.2. The molecule has 0 bridgehead atoms. The number of Topliss-reactive ketones (excluding diaryl/α,β-unsaturated/α-hetero) is 1. The topological polar surface area (TPSA) is 59.2 Å². The van der Waals surface area contributed by atoms with Gasteiger partial charge in [-0.05, 0) is 32.8 Å². The van der Waals surface area contributed by atoms with Crippen molar-refractivity contribution >= 4 is 11.8 Å². The Labute approximate surface area is 114 Å². The zero-order valence-electron chi connectivity index (χ0n) is 12.3. The van der Waals surface area contributed by atoms with Crippen LogP contribution < -0.4 is 0 Å². The number of ketones is 1. The lowest BCUT2D eigenvalue weighted by atomic mass is 10.0. The van der Waals surface area contributed by atoms with Crippen molar-refractivity contribution in [3.8, 4) is 0 Å². The molecule has 0 unspecified atom stereocenters. The number of esters is 1. The van der Waals surface area contributed by atoms with Crippen LogP contribution in [-0.4, -0.2) is 23.3 Å². The zero-order chi connectivity index (χ0) is 14.4. The van der Waals surface area contributed by atoms with Crippen molar-refractivity contribution in [2.75, 3.05) is 6.61 Å². The van der Waals surface area contributed by atoms with Gasteiger partial charge in [-0.25, -0.2) is 4.79 Å². The van der Waals surface area contributed by atoms with E-state index in [9.17, 15) is 9.59 Å². The molecule has 0 fully saturated rings. The molecule has 1 aromatic heterocycles. The second-order valence-corrected chi connectivity index (χ2v) is 4.73. The Morgan fingerprint density at radius 2 is 1.84 bits per heavy atom. The molecule has 0 aromatic carbocycles. The smallest absolute Gasteiger partial charge is 0.355 e. The van der Waals surface area contributed by atoms with Gasteiger partial charge in [0.15, 0.2) is 5.78 Å². The highest BCUT2D eigenvalue weighted by Gasteiger charge is 2.22. The molecule has 19 heavy (non-hydrogen) atoms. The van der Waals surface area contributed by atoms with Gasteiger partial charge in [-0.3, -0.25) is 4.79 Å². The summed E-state index contributed by atoms with van der Waals surface area (Å²) in [7, 11) is 0. The first-order valence-electron chi connectivity index (χ1n) is 6.92. The van der Waals surface area contributed by atoms with E-state index in [1.165, 1.54) is 0 Å². The molecule has 0 radical (unpaired) electrons. The highest BCUT2D eigenvalue weighted by Crippen LogP contribution is 2.21. The summed E-state index contributed by atoms with van der Waals surface area (Å²) in [5, 5.41) is 0. The average Bonchev–Trinajstić information content (AvgIpc) is 2.65. The zero-order valence-corrected chi connectivity index (χ0v) is 12.3. The van der Waals surface area contributed by atoms with E-state index < -0.39 is 5.97 Å². The fourth-order valence-electron chi connectivity index (χ4n) is 2.24. The Kier molecular flexibility index (Phi) is 5.80. The van der Waals surface area contributed by atoms with Crippen LogP contribution in [0.2, 0.25) is 0 Å². The highest BCUT2D eigenvalue weighted by atomic mass is 16.5. The summed E-state index contributed by atoms with van der Waals surface area (Å²) in [6.45, 7) is 7.82. The van der Waals surface area contributed by atoms with Crippen molar-refractivity contribution in [2.45, 2.75) is 53.4 Å². The van der Waals surface area contributed by atoms with Gasteiger partial charge in [-0.2, -0.15) is 0 Å². The van der Waals surface area contributed by atoms with Crippen LogP contribution in [0.3, 0.4) is 0 Å². The molecular formula is C15H23NO3. The predicted molar refractivity (Wildman–Crippen MR) is 74.7 cm³/mol. The first-order chi connectivity index (χ1) is 9.02. The minimum absolute atomic E-state index is 0.107. The van der Waals surface area contributed by atoms with Gasteiger partial charge in [0.2, 0.25) is 0 Å². The second kappa shape index (κ2) is 7.12. The standard InChI is InChI=1S/C15H23NO3/c1-5-7-8-9-12(17)13-10(3)14(16-11(13)4)15(18)19-6-2/h16H,5-9H2,1-4H3. The number of hydrogen-bond acceptors (Lipinski definition) is 3. The summed E-state index contributed by atoms with van der Waals surface area (Å²) in [5.41, 5.74) is 2.51. The Morgan fingerprint density at radius 1 is 1.16 bits per heavy atom. The van der Waals surface area contributed by atoms with Crippen LogP contribution in [0.25, 0.3) is 0 Å². The molecule has 1 N–H and O–H groups in total. The van der Waals surface area contributed by atoms with Gasteiger partial charge in [-0.15, -0.1) is 0 Å². The number of nitrogens with one attached hydrogen (secondary N) is 1. The van der Waals surface area contributed by atoms with Gasteiger partial charge in [-0.1, -0.05) is 19.8 Å². The van der Waals surface area contributed by atoms with Crippen LogP contribution in [0.5, 0.6) is 0 Å². The minimum Gasteiger partial charge on any atom is -0.461 e. The number of aromatic nitrogens is 1. The van der Waals surface area contributed by atoms with Gasteiger partial charge >= 0.3 is 5.97 Å². The third kappa shape index (κ3) is 3.69. The molecule has 1 aromatic rings. The number of aromatic amines is 1.